The number of amides is 1. The molecule has 0 aromatic carbocycles. The summed E-state index contributed by atoms with van der Waals surface area (Å²) in [6, 6.07) is 0. The quantitative estimate of drug-likeness (QED) is 0.779. The highest BCUT2D eigenvalue weighted by molar-refractivity contribution is 5.87. The molecule has 0 radical (unpaired) electrons. The van der Waals surface area contributed by atoms with Gasteiger partial charge in [-0.1, -0.05) is 18.1 Å². The summed E-state index contributed by atoms with van der Waals surface area (Å²) in [6.45, 7) is 0.404. The standard InChI is InChI=1S/C11H16N4O3/c16-9(3-7-15-8-6-12-14-15)13-11(10(17)18)4-1-2-5-11/h6,8H,1-5,7H2,(H,13,16)(H,17,18). The molecule has 0 spiro atoms. The molecule has 0 bridgehead atoms. The Morgan fingerprint density at radius 1 is 1.39 bits per heavy atom. The second kappa shape index (κ2) is 5.16. The van der Waals surface area contributed by atoms with Crippen LogP contribution in [0.15, 0.2) is 12.4 Å². The number of aliphatic carboxylic acids is 1. The van der Waals surface area contributed by atoms with Crippen LogP contribution in [0, 0.1) is 0 Å². The van der Waals surface area contributed by atoms with Gasteiger partial charge in [-0.15, -0.1) is 5.10 Å². The fourth-order valence-corrected chi connectivity index (χ4v) is 2.27. The number of hydrogen-bond acceptors (Lipinski definition) is 4. The van der Waals surface area contributed by atoms with Gasteiger partial charge in [-0.2, -0.15) is 0 Å². The average molecular weight is 252 g/mol. The molecule has 0 atom stereocenters. The Morgan fingerprint density at radius 3 is 2.67 bits per heavy atom. The number of rotatable bonds is 5. The van der Waals surface area contributed by atoms with Gasteiger partial charge in [-0.25, -0.2) is 4.79 Å². The molecule has 1 aromatic rings. The topological polar surface area (TPSA) is 97.1 Å². The summed E-state index contributed by atoms with van der Waals surface area (Å²) in [5.74, 6) is -1.19. The van der Waals surface area contributed by atoms with Crippen molar-refractivity contribution in [2.45, 2.75) is 44.2 Å². The van der Waals surface area contributed by atoms with E-state index < -0.39 is 11.5 Å². The van der Waals surface area contributed by atoms with Crippen molar-refractivity contribution in [3.8, 4) is 0 Å². The number of carboxylic acid groups (broad SMARTS) is 1. The van der Waals surface area contributed by atoms with Gasteiger partial charge in [-0.3, -0.25) is 9.48 Å². The Kier molecular flexibility index (Phi) is 3.59. The zero-order chi connectivity index (χ0) is 13.0. The van der Waals surface area contributed by atoms with Crippen LogP contribution in [-0.4, -0.2) is 37.5 Å². The lowest BCUT2D eigenvalue weighted by Crippen LogP contribution is -2.52. The predicted molar refractivity (Wildman–Crippen MR) is 61.6 cm³/mol. The van der Waals surface area contributed by atoms with Gasteiger partial charge in [0.2, 0.25) is 5.91 Å². The highest BCUT2D eigenvalue weighted by Crippen LogP contribution is 2.29. The van der Waals surface area contributed by atoms with Crippen molar-refractivity contribution in [1.29, 1.82) is 0 Å². The Hall–Kier alpha value is -1.92. The lowest BCUT2D eigenvalue weighted by atomic mass is 9.97. The molecule has 1 heterocycles. The van der Waals surface area contributed by atoms with Crippen molar-refractivity contribution in [3.63, 3.8) is 0 Å². The van der Waals surface area contributed by atoms with Crippen LogP contribution >= 0.6 is 0 Å². The average Bonchev–Trinajstić information content (AvgIpc) is 2.97. The van der Waals surface area contributed by atoms with Crippen LogP contribution < -0.4 is 5.32 Å². The maximum absolute atomic E-state index is 11.8. The number of aromatic nitrogens is 3. The van der Waals surface area contributed by atoms with Crippen LogP contribution in [0.25, 0.3) is 0 Å². The van der Waals surface area contributed by atoms with Crippen molar-refractivity contribution in [2.75, 3.05) is 0 Å². The van der Waals surface area contributed by atoms with E-state index in [1.807, 2.05) is 0 Å². The van der Waals surface area contributed by atoms with Crippen molar-refractivity contribution in [1.82, 2.24) is 20.3 Å². The minimum atomic E-state index is -1.06. The summed E-state index contributed by atoms with van der Waals surface area (Å²) < 4.78 is 1.54. The molecular weight excluding hydrogens is 236 g/mol. The molecule has 98 valence electrons. The number of nitrogens with zero attached hydrogens (tertiary/aromatic N) is 3. The molecule has 1 aliphatic carbocycles. The minimum absolute atomic E-state index is 0.207. The zero-order valence-corrected chi connectivity index (χ0v) is 10.0. The minimum Gasteiger partial charge on any atom is -0.480 e. The van der Waals surface area contributed by atoms with Crippen molar-refractivity contribution >= 4 is 11.9 Å². The van der Waals surface area contributed by atoms with Crippen LogP contribution in [0.2, 0.25) is 0 Å². The van der Waals surface area contributed by atoms with Crippen LogP contribution in [0.4, 0.5) is 0 Å². The van der Waals surface area contributed by atoms with Gasteiger partial charge < -0.3 is 10.4 Å². The molecule has 2 N–H and O–H groups in total. The van der Waals surface area contributed by atoms with E-state index in [0.717, 1.165) is 12.8 Å². The van der Waals surface area contributed by atoms with Gasteiger partial charge >= 0.3 is 5.97 Å². The third-order valence-electron chi connectivity index (χ3n) is 3.29. The van der Waals surface area contributed by atoms with E-state index in [9.17, 15) is 14.7 Å². The highest BCUT2D eigenvalue weighted by atomic mass is 16.4. The number of carbonyl (C=O) groups excluding carboxylic acids is 1. The number of carbonyl (C=O) groups is 2. The summed E-state index contributed by atoms with van der Waals surface area (Å²) in [6.07, 6.45) is 6.11. The molecule has 7 heteroatoms. The first kappa shape index (κ1) is 12.5. The molecule has 7 nitrogen and oxygen atoms in total. The predicted octanol–water partition coefficient (Wildman–Crippen LogP) is 0.182. The van der Waals surface area contributed by atoms with E-state index in [2.05, 4.69) is 15.6 Å². The molecule has 0 saturated heterocycles. The van der Waals surface area contributed by atoms with Gasteiger partial charge in [0.1, 0.15) is 5.54 Å². The molecular formula is C11H16N4O3. The summed E-state index contributed by atoms with van der Waals surface area (Å²) in [7, 11) is 0. The third kappa shape index (κ3) is 2.66. The fourth-order valence-electron chi connectivity index (χ4n) is 2.27. The number of hydrogen-bond donors (Lipinski definition) is 2. The van der Waals surface area contributed by atoms with Gasteiger partial charge in [0, 0.05) is 12.6 Å². The van der Waals surface area contributed by atoms with E-state index >= 15 is 0 Å². The van der Waals surface area contributed by atoms with Gasteiger partial charge in [0.15, 0.2) is 0 Å². The summed E-state index contributed by atoms with van der Waals surface area (Å²) in [5, 5.41) is 19.3. The molecule has 0 aliphatic heterocycles. The van der Waals surface area contributed by atoms with Crippen LogP contribution in [-0.2, 0) is 16.1 Å². The van der Waals surface area contributed by atoms with Gasteiger partial charge in [0.05, 0.1) is 12.7 Å². The lowest BCUT2D eigenvalue weighted by Gasteiger charge is -2.25. The maximum atomic E-state index is 11.8. The van der Waals surface area contributed by atoms with Gasteiger partial charge in [-0.05, 0) is 12.8 Å². The van der Waals surface area contributed by atoms with E-state index in [-0.39, 0.29) is 12.3 Å². The Bertz CT molecular complexity index is 424. The summed E-state index contributed by atoms with van der Waals surface area (Å²) >= 11 is 0. The Labute approximate surface area is 104 Å². The second-order valence-corrected chi connectivity index (χ2v) is 4.56. The van der Waals surface area contributed by atoms with Crippen LogP contribution in [0.3, 0.4) is 0 Å². The van der Waals surface area contributed by atoms with Crippen LogP contribution in [0.1, 0.15) is 32.1 Å². The fraction of sp³-hybridized carbons (Fsp3) is 0.636. The smallest absolute Gasteiger partial charge is 0.329 e. The molecule has 2 rings (SSSR count). The molecule has 1 aromatic heterocycles. The Morgan fingerprint density at radius 2 is 2.11 bits per heavy atom. The molecule has 1 aliphatic rings. The molecule has 18 heavy (non-hydrogen) atoms. The lowest BCUT2D eigenvalue weighted by molar-refractivity contribution is -0.147. The summed E-state index contributed by atoms with van der Waals surface area (Å²) in [5.41, 5.74) is -1.06. The molecule has 1 amide bonds. The third-order valence-corrected chi connectivity index (χ3v) is 3.29. The SMILES string of the molecule is O=C(CCn1ccnn1)NC1(C(=O)O)CCCC1. The van der Waals surface area contributed by atoms with Crippen molar-refractivity contribution in [3.05, 3.63) is 12.4 Å². The van der Waals surface area contributed by atoms with Crippen molar-refractivity contribution in [2.24, 2.45) is 0 Å². The Balaban J connectivity index is 1.88. The molecule has 1 fully saturated rings. The monoisotopic (exact) mass is 252 g/mol. The number of aryl methyl sites for hydroxylation is 1. The molecule has 0 unspecified atom stereocenters. The van der Waals surface area contributed by atoms with Crippen molar-refractivity contribution < 1.29 is 14.7 Å². The first-order valence-electron chi connectivity index (χ1n) is 6.01. The van der Waals surface area contributed by atoms with E-state index in [0.29, 0.717) is 19.4 Å². The highest BCUT2D eigenvalue weighted by Gasteiger charge is 2.42. The first-order valence-corrected chi connectivity index (χ1v) is 6.01. The normalized spacial score (nSPS) is 17.6. The maximum Gasteiger partial charge on any atom is 0.329 e. The summed E-state index contributed by atoms with van der Waals surface area (Å²) in [4.78, 5) is 23.0. The van der Waals surface area contributed by atoms with E-state index in [1.165, 1.54) is 6.20 Å². The van der Waals surface area contributed by atoms with Crippen LogP contribution in [0.5, 0.6) is 0 Å². The van der Waals surface area contributed by atoms with E-state index in [1.54, 1.807) is 10.9 Å². The zero-order valence-electron chi connectivity index (χ0n) is 10.0. The van der Waals surface area contributed by atoms with E-state index in [4.69, 9.17) is 0 Å². The number of carboxylic acids is 1. The number of nitrogens with one attached hydrogen (secondary N) is 1. The second-order valence-electron chi connectivity index (χ2n) is 4.56. The largest absolute Gasteiger partial charge is 0.480 e. The first-order chi connectivity index (χ1) is 8.62. The van der Waals surface area contributed by atoms with Gasteiger partial charge in [0.25, 0.3) is 0 Å². The molecule has 1 saturated carbocycles.